The molecule has 0 saturated carbocycles. The SMILES string of the molecule is COc1ccc(C2C(=C([O-])c3ccc4c(c3)OCCO4)C(=O)C(=O)N2Cc2ccc[nH+]c2)cc1OC. The summed E-state index contributed by atoms with van der Waals surface area (Å²) >= 11 is 0. The highest BCUT2D eigenvalue weighted by molar-refractivity contribution is 6.46. The van der Waals surface area contributed by atoms with Crippen LogP contribution in [0.1, 0.15) is 22.7 Å². The summed E-state index contributed by atoms with van der Waals surface area (Å²) in [6.45, 7) is 0.894. The molecule has 1 unspecified atom stereocenters. The molecule has 2 aliphatic heterocycles. The van der Waals surface area contributed by atoms with E-state index in [1.54, 1.807) is 54.9 Å². The number of ketones is 1. The number of carbonyl (C=O) groups is 2. The Bertz CT molecular complexity index is 1350. The van der Waals surface area contributed by atoms with Gasteiger partial charge in [0.1, 0.15) is 13.2 Å². The number of hydrogen-bond acceptors (Lipinski definition) is 7. The summed E-state index contributed by atoms with van der Waals surface area (Å²) in [5.74, 6) is -0.290. The quantitative estimate of drug-likeness (QED) is 0.295. The van der Waals surface area contributed by atoms with E-state index in [4.69, 9.17) is 18.9 Å². The van der Waals surface area contributed by atoms with Crippen molar-refractivity contribution in [2.24, 2.45) is 0 Å². The number of pyridine rings is 1. The Balaban J connectivity index is 1.65. The Morgan fingerprint density at radius 2 is 1.81 bits per heavy atom. The number of benzene rings is 2. The molecule has 1 amide bonds. The van der Waals surface area contributed by atoms with Gasteiger partial charge in [0.25, 0.3) is 5.91 Å². The van der Waals surface area contributed by atoms with Crippen LogP contribution in [0.25, 0.3) is 5.76 Å². The van der Waals surface area contributed by atoms with Gasteiger partial charge in [0.2, 0.25) is 5.78 Å². The fourth-order valence-corrected chi connectivity index (χ4v) is 4.47. The van der Waals surface area contributed by atoms with Crippen molar-refractivity contribution in [2.75, 3.05) is 27.4 Å². The smallest absolute Gasteiger partial charge is 0.295 e. The number of H-pyrrole nitrogens is 1. The van der Waals surface area contributed by atoms with Crippen molar-refractivity contribution in [1.82, 2.24) is 4.90 Å². The highest BCUT2D eigenvalue weighted by Gasteiger charge is 2.44. The fraction of sp³-hybridized carbons (Fsp3) is 0.222. The molecule has 0 aliphatic carbocycles. The zero-order valence-electron chi connectivity index (χ0n) is 19.8. The van der Waals surface area contributed by atoms with E-state index in [9.17, 15) is 14.7 Å². The number of likely N-dealkylation sites (tertiary alicyclic amines) is 1. The first-order valence-corrected chi connectivity index (χ1v) is 11.3. The lowest BCUT2D eigenvalue weighted by atomic mass is 9.94. The van der Waals surface area contributed by atoms with Crippen LogP contribution in [0.5, 0.6) is 23.0 Å². The summed E-state index contributed by atoms with van der Waals surface area (Å²) in [7, 11) is 3.01. The van der Waals surface area contributed by atoms with Gasteiger partial charge in [-0.3, -0.25) is 9.59 Å². The molecule has 2 aromatic carbocycles. The van der Waals surface area contributed by atoms with Crippen LogP contribution in [0.3, 0.4) is 0 Å². The Labute approximate surface area is 207 Å². The first-order valence-electron chi connectivity index (χ1n) is 11.3. The second kappa shape index (κ2) is 9.61. The van der Waals surface area contributed by atoms with Gasteiger partial charge < -0.3 is 29.0 Å². The minimum atomic E-state index is -0.925. The van der Waals surface area contributed by atoms with Crippen molar-refractivity contribution in [1.29, 1.82) is 0 Å². The molecule has 0 spiro atoms. The molecule has 184 valence electrons. The predicted molar refractivity (Wildman–Crippen MR) is 125 cm³/mol. The number of ether oxygens (including phenoxy) is 4. The average molecular weight is 488 g/mol. The van der Waals surface area contributed by atoms with Crippen LogP contribution in [0.4, 0.5) is 0 Å². The van der Waals surface area contributed by atoms with Crippen molar-refractivity contribution < 1.29 is 38.6 Å². The molecular weight excluding hydrogens is 464 g/mol. The third kappa shape index (κ3) is 4.08. The highest BCUT2D eigenvalue weighted by Crippen LogP contribution is 2.43. The Kier molecular flexibility index (Phi) is 6.20. The monoisotopic (exact) mass is 488 g/mol. The lowest BCUT2D eigenvalue weighted by Crippen LogP contribution is -2.29. The molecule has 1 saturated heterocycles. The molecule has 3 heterocycles. The molecule has 1 aromatic heterocycles. The number of aromatic nitrogens is 1. The fourth-order valence-electron chi connectivity index (χ4n) is 4.47. The zero-order chi connectivity index (χ0) is 25.2. The number of carbonyl (C=O) groups excluding carboxylic acids is 2. The summed E-state index contributed by atoms with van der Waals surface area (Å²) in [4.78, 5) is 30.9. The van der Waals surface area contributed by atoms with E-state index in [1.165, 1.54) is 19.1 Å². The van der Waals surface area contributed by atoms with Gasteiger partial charge in [-0.25, -0.2) is 4.98 Å². The Morgan fingerprint density at radius 3 is 2.53 bits per heavy atom. The lowest BCUT2D eigenvalue weighted by Gasteiger charge is -2.28. The maximum absolute atomic E-state index is 13.8. The summed E-state index contributed by atoms with van der Waals surface area (Å²) < 4.78 is 21.9. The lowest BCUT2D eigenvalue weighted by molar-refractivity contribution is -0.378. The van der Waals surface area contributed by atoms with Crippen LogP contribution in [-0.4, -0.2) is 44.0 Å². The van der Waals surface area contributed by atoms with E-state index >= 15 is 0 Å². The van der Waals surface area contributed by atoms with Gasteiger partial charge in [-0.1, -0.05) is 17.9 Å². The van der Waals surface area contributed by atoms with Crippen molar-refractivity contribution >= 4 is 17.4 Å². The molecule has 1 atom stereocenters. The van der Waals surface area contributed by atoms with Gasteiger partial charge in [-0.2, -0.15) is 0 Å². The highest BCUT2D eigenvalue weighted by atomic mass is 16.6. The maximum atomic E-state index is 13.8. The van der Waals surface area contributed by atoms with Crippen LogP contribution < -0.4 is 29.0 Å². The van der Waals surface area contributed by atoms with Crippen molar-refractivity contribution in [3.63, 3.8) is 0 Å². The summed E-state index contributed by atoms with van der Waals surface area (Å²) in [6, 6.07) is 12.5. The van der Waals surface area contributed by atoms with Gasteiger partial charge >= 0.3 is 0 Å². The van der Waals surface area contributed by atoms with Gasteiger partial charge in [-0.15, -0.1) is 0 Å². The number of fused-ring (bicyclic) bond motifs is 1. The van der Waals surface area contributed by atoms with Gasteiger partial charge in [0.15, 0.2) is 35.4 Å². The first-order chi connectivity index (χ1) is 17.5. The number of nitrogens with zero attached hydrogens (tertiary/aromatic N) is 1. The predicted octanol–water partition coefficient (Wildman–Crippen LogP) is 1.71. The minimum absolute atomic E-state index is 0.124. The normalized spacial score (nSPS) is 18.3. The third-order valence-corrected chi connectivity index (χ3v) is 6.18. The molecule has 9 nitrogen and oxygen atoms in total. The van der Waals surface area contributed by atoms with Crippen LogP contribution in [0.15, 0.2) is 66.5 Å². The number of amides is 1. The number of nitrogens with one attached hydrogen (secondary N) is 1. The largest absolute Gasteiger partial charge is 0.872 e. The first kappa shape index (κ1) is 23.2. The second-order valence-corrected chi connectivity index (χ2v) is 8.29. The summed E-state index contributed by atoms with van der Waals surface area (Å²) in [5, 5.41) is 13.8. The van der Waals surface area contributed by atoms with E-state index in [1.807, 2.05) is 6.07 Å². The molecular formula is C27H24N2O7. The molecule has 0 radical (unpaired) electrons. The average Bonchev–Trinajstić information content (AvgIpc) is 3.17. The standard InChI is InChI=1S/C27H24N2O7/c1-33-19-7-5-17(12-21(19)34-2)24-23(25(30)18-6-8-20-22(13-18)36-11-10-35-20)26(31)27(32)29(24)15-16-4-3-9-28-14-16/h3-9,12-14,24,30H,10-11,15H2,1-2H3. The Morgan fingerprint density at radius 1 is 1.03 bits per heavy atom. The van der Waals surface area contributed by atoms with E-state index < -0.39 is 23.5 Å². The molecule has 1 fully saturated rings. The van der Waals surface area contributed by atoms with Gasteiger partial charge in [0.05, 0.1) is 26.8 Å². The Hall–Kier alpha value is -4.53. The van der Waals surface area contributed by atoms with Gasteiger partial charge in [-0.05, 0) is 41.5 Å². The van der Waals surface area contributed by atoms with Crippen molar-refractivity contribution in [3.8, 4) is 23.0 Å². The number of Topliss-reactive ketones (excluding diaryl/α,β-unsaturated/α-hetero) is 1. The van der Waals surface area contributed by atoms with Crippen molar-refractivity contribution in [3.05, 3.63) is 83.2 Å². The molecule has 0 bridgehead atoms. The van der Waals surface area contributed by atoms with E-state index in [-0.39, 0.29) is 17.7 Å². The number of hydrogen-bond donors (Lipinski definition) is 0. The molecule has 36 heavy (non-hydrogen) atoms. The molecule has 5 rings (SSSR count). The number of aromatic amines is 1. The van der Waals surface area contributed by atoms with Crippen molar-refractivity contribution in [2.45, 2.75) is 12.6 Å². The van der Waals surface area contributed by atoms with E-state index in [0.717, 1.165) is 5.56 Å². The number of methoxy groups -OCH3 is 2. The molecule has 1 N–H and O–H groups in total. The third-order valence-electron chi connectivity index (χ3n) is 6.18. The maximum Gasteiger partial charge on any atom is 0.295 e. The van der Waals surface area contributed by atoms with Crippen LogP contribution in [0.2, 0.25) is 0 Å². The molecule has 3 aromatic rings. The van der Waals surface area contributed by atoms with Crippen LogP contribution in [-0.2, 0) is 16.1 Å². The van der Waals surface area contributed by atoms with Crippen LogP contribution in [0, 0.1) is 0 Å². The second-order valence-electron chi connectivity index (χ2n) is 8.29. The van der Waals surface area contributed by atoms with E-state index in [0.29, 0.717) is 41.8 Å². The van der Waals surface area contributed by atoms with Gasteiger partial charge in [0, 0.05) is 17.2 Å². The van der Waals surface area contributed by atoms with E-state index in [2.05, 4.69) is 4.98 Å². The summed E-state index contributed by atoms with van der Waals surface area (Å²) in [6.07, 6.45) is 3.49. The number of rotatable bonds is 6. The zero-order valence-corrected chi connectivity index (χ0v) is 19.8. The topological polar surface area (TPSA) is 111 Å². The summed E-state index contributed by atoms with van der Waals surface area (Å²) in [5.41, 5.74) is 1.42. The minimum Gasteiger partial charge on any atom is -0.872 e. The molecule has 2 aliphatic rings. The van der Waals surface area contributed by atoms with Crippen LogP contribution >= 0.6 is 0 Å². The molecule has 9 heteroatoms.